The van der Waals surface area contributed by atoms with Gasteiger partial charge in [-0.05, 0) is 49.5 Å². The minimum absolute atomic E-state index is 0.202. The monoisotopic (exact) mass is 172 g/mol. The van der Waals surface area contributed by atoms with E-state index in [4.69, 9.17) is 0 Å². The minimum Gasteiger partial charge on any atom is -0.390 e. The van der Waals surface area contributed by atoms with Crippen LogP contribution in [-0.4, -0.2) is 22.2 Å². The summed E-state index contributed by atoms with van der Waals surface area (Å²) in [5, 5.41) is 9.67. The number of thioether (sulfide) groups is 1. The first-order chi connectivity index (χ1) is 5.29. The van der Waals surface area contributed by atoms with Crippen LogP contribution in [0.15, 0.2) is 0 Å². The number of rotatable bonds is 2. The lowest BCUT2D eigenvalue weighted by atomic mass is 9.94. The van der Waals surface area contributed by atoms with Crippen molar-refractivity contribution in [3.63, 3.8) is 0 Å². The van der Waals surface area contributed by atoms with E-state index >= 15 is 0 Å². The van der Waals surface area contributed by atoms with Crippen LogP contribution in [0.5, 0.6) is 0 Å². The van der Waals surface area contributed by atoms with E-state index in [0.29, 0.717) is 0 Å². The van der Waals surface area contributed by atoms with E-state index in [0.717, 1.165) is 25.2 Å². The molecule has 0 spiro atoms. The third kappa shape index (κ3) is 2.12. The lowest BCUT2D eigenvalue weighted by molar-refractivity contribution is 0.115. The van der Waals surface area contributed by atoms with Gasteiger partial charge in [-0.15, -0.1) is 0 Å². The zero-order valence-corrected chi connectivity index (χ0v) is 7.70. The summed E-state index contributed by atoms with van der Waals surface area (Å²) >= 11 is 2.06. The van der Waals surface area contributed by atoms with Crippen LogP contribution in [0.25, 0.3) is 0 Å². The normalized spacial score (nSPS) is 30.3. The summed E-state index contributed by atoms with van der Waals surface area (Å²) in [5.41, 5.74) is -0.202. The van der Waals surface area contributed by atoms with Gasteiger partial charge in [0, 0.05) is 0 Å². The Labute approximate surface area is 72.6 Å². The molecule has 64 valence electrons. The van der Waals surface area contributed by atoms with Crippen molar-refractivity contribution in [1.82, 2.24) is 0 Å². The fourth-order valence-corrected chi connectivity index (χ4v) is 3.04. The molecule has 1 heterocycles. The van der Waals surface area contributed by atoms with E-state index in [-0.39, 0.29) is 5.60 Å². The SMILES string of the molecule is OC1(CC2CCSCC2)CC1. The number of hydrogen-bond donors (Lipinski definition) is 1. The lowest BCUT2D eigenvalue weighted by Crippen LogP contribution is -2.18. The average molecular weight is 172 g/mol. The highest BCUT2D eigenvalue weighted by Crippen LogP contribution is 2.43. The van der Waals surface area contributed by atoms with Crippen molar-refractivity contribution in [3.05, 3.63) is 0 Å². The smallest absolute Gasteiger partial charge is 0.0652 e. The van der Waals surface area contributed by atoms with Gasteiger partial charge < -0.3 is 5.11 Å². The quantitative estimate of drug-likeness (QED) is 0.688. The summed E-state index contributed by atoms with van der Waals surface area (Å²) in [7, 11) is 0. The third-order valence-corrected chi connectivity index (χ3v) is 3.89. The molecule has 1 nitrogen and oxygen atoms in total. The number of hydrogen-bond acceptors (Lipinski definition) is 2. The average Bonchev–Trinajstić information content (AvgIpc) is 2.70. The van der Waals surface area contributed by atoms with Gasteiger partial charge in [-0.1, -0.05) is 0 Å². The second kappa shape index (κ2) is 2.98. The zero-order chi connectivity index (χ0) is 7.73. The van der Waals surface area contributed by atoms with Crippen molar-refractivity contribution < 1.29 is 5.11 Å². The van der Waals surface area contributed by atoms with Gasteiger partial charge >= 0.3 is 0 Å². The fraction of sp³-hybridized carbons (Fsp3) is 1.00. The van der Waals surface area contributed by atoms with Crippen LogP contribution in [0.2, 0.25) is 0 Å². The molecule has 1 saturated heterocycles. The van der Waals surface area contributed by atoms with Crippen LogP contribution in [0, 0.1) is 5.92 Å². The van der Waals surface area contributed by atoms with Gasteiger partial charge in [0.2, 0.25) is 0 Å². The van der Waals surface area contributed by atoms with E-state index in [1.54, 1.807) is 0 Å². The molecule has 0 aromatic rings. The van der Waals surface area contributed by atoms with Gasteiger partial charge in [0.05, 0.1) is 5.60 Å². The number of aliphatic hydroxyl groups is 1. The van der Waals surface area contributed by atoms with Gasteiger partial charge in [0.25, 0.3) is 0 Å². The van der Waals surface area contributed by atoms with E-state index in [2.05, 4.69) is 11.8 Å². The molecular weight excluding hydrogens is 156 g/mol. The molecule has 1 saturated carbocycles. The Bertz CT molecular complexity index is 136. The summed E-state index contributed by atoms with van der Waals surface area (Å²) in [6.07, 6.45) is 5.90. The Morgan fingerprint density at radius 2 is 1.91 bits per heavy atom. The fourth-order valence-electron chi connectivity index (χ4n) is 1.84. The lowest BCUT2D eigenvalue weighted by Gasteiger charge is -2.23. The third-order valence-electron chi connectivity index (χ3n) is 2.84. The molecule has 0 unspecified atom stereocenters. The minimum atomic E-state index is -0.202. The molecule has 1 aliphatic carbocycles. The Morgan fingerprint density at radius 3 is 2.45 bits per heavy atom. The van der Waals surface area contributed by atoms with Gasteiger partial charge in [-0.2, -0.15) is 11.8 Å². The Morgan fingerprint density at radius 1 is 1.27 bits per heavy atom. The highest BCUT2D eigenvalue weighted by molar-refractivity contribution is 7.99. The van der Waals surface area contributed by atoms with Crippen molar-refractivity contribution in [3.8, 4) is 0 Å². The highest BCUT2D eigenvalue weighted by Gasteiger charge is 2.41. The molecule has 0 radical (unpaired) electrons. The standard InChI is InChI=1S/C9H16OS/c10-9(3-4-9)7-8-1-5-11-6-2-8/h8,10H,1-7H2. The van der Waals surface area contributed by atoms with Crippen LogP contribution >= 0.6 is 11.8 Å². The van der Waals surface area contributed by atoms with Crippen LogP contribution in [0.3, 0.4) is 0 Å². The van der Waals surface area contributed by atoms with Gasteiger partial charge in [0.1, 0.15) is 0 Å². The molecule has 1 aliphatic heterocycles. The molecular formula is C9H16OS. The van der Waals surface area contributed by atoms with Crippen molar-refractivity contribution in [2.45, 2.75) is 37.7 Å². The van der Waals surface area contributed by atoms with E-state index in [1.165, 1.54) is 24.3 Å². The summed E-state index contributed by atoms with van der Waals surface area (Å²) in [6, 6.07) is 0. The van der Waals surface area contributed by atoms with E-state index in [9.17, 15) is 5.11 Å². The Balaban J connectivity index is 1.76. The molecule has 2 aliphatic rings. The second-order valence-corrected chi connectivity index (χ2v) is 5.21. The molecule has 0 amide bonds. The van der Waals surface area contributed by atoms with E-state index in [1.807, 2.05) is 0 Å². The molecule has 2 heteroatoms. The van der Waals surface area contributed by atoms with E-state index < -0.39 is 0 Å². The Hall–Kier alpha value is 0.310. The van der Waals surface area contributed by atoms with Crippen LogP contribution in [0.4, 0.5) is 0 Å². The van der Waals surface area contributed by atoms with Gasteiger partial charge in [-0.25, -0.2) is 0 Å². The maximum Gasteiger partial charge on any atom is 0.0652 e. The van der Waals surface area contributed by atoms with Crippen LogP contribution in [0.1, 0.15) is 32.1 Å². The molecule has 0 bridgehead atoms. The summed E-state index contributed by atoms with van der Waals surface area (Å²) in [6.45, 7) is 0. The molecule has 2 rings (SSSR count). The van der Waals surface area contributed by atoms with Crippen LogP contribution in [-0.2, 0) is 0 Å². The van der Waals surface area contributed by atoms with Crippen LogP contribution < -0.4 is 0 Å². The van der Waals surface area contributed by atoms with Crippen molar-refractivity contribution >= 4 is 11.8 Å². The first-order valence-electron chi connectivity index (χ1n) is 4.59. The topological polar surface area (TPSA) is 20.2 Å². The van der Waals surface area contributed by atoms with Crippen molar-refractivity contribution in [2.75, 3.05) is 11.5 Å². The Kier molecular flexibility index (Phi) is 2.15. The summed E-state index contributed by atoms with van der Waals surface area (Å²) in [5.74, 6) is 3.48. The molecule has 1 N–H and O–H groups in total. The molecule has 2 fully saturated rings. The maximum absolute atomic E-state index is 9.67. The van der Waals surface area contributed by atoms with Crippen molar-refractivity contribution in [1.29, 1.82) is 0 Å². The van der Waals surface area contributed by atoms with Gasteiger partial charge in [-0.3, -0.25) is 0 Å². The molecule has 0 aromatic carbocycles. The maximum atomic E-state index is 9.67. The largest absolute Gasteiger partial charge is 0.390 e. The van der Waals surface area contributed by atoms with Gasteiger partial charge in [0.15, 0.2) is 0 Å². The molecule has 0 atom stereocenters. The van der Waals surface area contributed by atoms with Crippen molar-refractivity contribution in [2.24, 2.45) is 5.92 Å². The summed E-state index contributed by atoms with van der Waals surface area (Å²) < 4.78 is 0. The first-order valence-corrected chi connectivity index (χ1v) is 5.74. The predicted molar refractivity (Wildman–Crippen MR) is 48.8 cm³/mol. The molecule has 0 aromatic heterocycles. The predicted octanol–water partition coefficient (Wildman–Crippen LogP) is 2.04. The molecule has 11 heavy (non-hydrogen) atoms. The summed E-state index contributed by atoms with van der Waals surface area (Å²) in [4.78, 5) is 0. The second-order valence-electron chi connectivity index (χ2n) is 3.98. The first kappa shape index (κ1) is 7.93. The highest BCUT2D eigenvalue weighted by atomic mass is 32.2. The zero-order valence-electron chi connectivity index (χ0n) is 6.88.